The van der Waals surface area contributed by atoms with Crippen LogP contribution in [0.3, 0.4) is 0 Å². The molecule has 0 N–H and O–H groups in total. The molecular formula is C13H18O3S. The molecular weight excluding hydrogens is 236 g/mol. The summed E-state index contributed by atoms with van der Waals surface area (Å²) in [6, 6.07) is 7.03. The van der Waals surface area contributed by atoms with Gasteiger partial charge in [-0.25, -0.2) is 0 Å². The molecule has 0 radical (unpaired) electrons. The topological polar surface area (TPSA) is 43.4 Å². The van der Waals surface area contributed by atoms with Crippen molar-refractivity contribution >= 4 is 16.6 Å². The highest BCUT2D eigenvalue weighted by Gasteiger charge is 2.17. The van der Waals surface area contributed by atoms with Gasteiger partial charge in [0.25, 0.3) is 0 Å². The molecule has 0 heterocycles. The molecule has 94 valence electrons. The number of ether oxygens (including phenoxy) is 1. The number of Topliss-reactive ketones (excluding diaryl/α,β-unsaturated/α-hetero) is 1. The van der Waals surface area contributed by atoms with Crippen LogP contribution in [-0.4, -0.2) is 28.1 Å². The first-order chi connectivity index (χ1) is 8.10. The molecule has 1 aromatic rings. The Morgan fingerprint density at radius 2 is 2.06 bits per heavy atom. The average Bonchev–Trinajstić information content (AvgIpc) is 2.37. The molecule has 0 spiro atoms. The van der Waals surface area contributed by atoms with Crippen molar-refractivity contribution in [3.8, 4) is 5.75 Å². The van der Waals surface area contributed by atoms with E-state index >= 15 is 0 Å². The number of hydrogen-bond acceptors (Lipinski definition) is 3. The third kappa shape index (κ3) is 3.66. The first-order valence-electron chi connectivity index (χ1n) is 5.63. The maximum absolute atomic E-state index is 12.0. The Morgan fingerprint density at radius 3 is 2.65 bits per heavy atom. The standard InChI is InChI=1S/C13H18O3S/c1-4-10(2)17(15)9-12(14)11-7-5-6-8-13(11)16-3/h5-8,10H,4,9H2,1-3H3. The Labute approximate surface area is 105 Å². The van der Waals surface area contributed by atoms with Gasteiger partial charge in [-0.3, -0.25) is 9.00 Å². The first kappa shape index (κ1) is 13.9. The van der Waals surface area contributed by atoms with Crippen LogP contribution in [0.15, 0.2) is 24.3 Å². The zero-order chi connectivity index (χ0) is 12.8. The third-order valence-corrected chi connectivity index (χ3v) is 4.48. The zero-order valence-electron chi connectivity index (χ0n) is 10.4. The second kappa shape index (κ2) is 6.55. The fourth-order valence-corrected chi connectivity index (χ4v) is 2.48. The van der Waals surface area contributed by atoms with Crippen LogP contribution in [-0.2, 0) is 10.8 Å². The van der Waals surface area contributed by atoms with E-state index in [1.54, 1.807) is 24.3 Å². The minimum Gasteiger partial charge on any atom is -0.496 e. The van der Waals surface area contributed by atoms with Gasteiger partial charge in [0, 0.05) is 16.0 Å². The summed E-state index contributed by atoms with van der Waals surface area (Å²) in [5.41, 5.74) is 0.506. The molecule has 0 aliphatic heterocycles. The van der Waals surface area contributed by atoms with Crippen LogP contribution in [0.25, 0.3) is 0 Å². The summed E-state index contributed by atoms with van der Waals surface area (Å²) in [5.74, 6) is 0.481. The van der Waals surface area contributed by atoms with Crippen LogP contribution in [0, 0.1) is 0 Å². The lowest BCUT2D eigenvalue weighted by Gasteiger charge is -2.10. The average molecular weight is 254 g/mol. The van der Waals surface area contributed by atoms with E-state index in [1.165, 1.54) is 7.11 Å². The van der Waals surface area contributed by atoms with Crippen LogP contribution >= 0.6 is 0 Å². The highest BCUT2D eigenvalue weighted by atomic mass is 32.2. The number of benzene rings is 1. The molecule has 0 aliphatic carbocycles. The van der Waals surface area contributed by atoms with E-state index in [0.29, 0.717) is 11.3 Å². The predicted molar refractivity (Wildman–Crippen MR) is 70.1 cm³/mol. The van der Waals surface area contributed by atoms with E-state index in [-0.39, 0.29) is 16.8 Å². The highest BCUT2D eigenvalue weighted by Crippen LogP contribution is 2.18. The summed E-state index contributed by atoms with van der Waals surface area (Å²) in [4.78, 5) is 12.0. The van der Waals surface area contributed by atoms with E-state index in [1.807, 2.05) is 13.8 Å². The number of para-hydroxylation sites is 1. The van der Waals surface area contributed by atoms with Crippen LogP contribution in [0.2, 0.25) is 0 Å². The smallest absolute Gasteiger partial charge is 0.179 e. The minimum absolute atomic E-state index is 0.0497. The molecule has 0 aliphatic rings. The van der Waals surface area contributed by atoms with Gasteiger partial charge >= 0.3 is 0 Å². The number of carbonyl (C=O) groups is 1. The normalized spacial score (nSPS) is 14.1. The van der Waals surface area contributed by atoms with Gasteiger partial charge in [-0.05, 0) is 18.6 Å². The molecule has 4 heteroatoms. The van der Waals surface area contributed by atoms with Crippen LogP contribution < -0.4 is 4.74 Å². The molecule has 0 aromatic heterocycles. The summed E-state index contributed by atoms with van der Waals surface area (Å²) in [7, 11) is 0.415. The van der Waals surface area contributed by atoms with E-state index in [9.17, 15) is 9.00 Å². The van der Waals surface area contributed by atoms with Crippen molar-refractivity contribution in [1.29, 1.82) is 0 Å². The predicted octanol–water partition coefficient (Wildman–Crippen LogP) is 2.43. The minimum atomic E-state index is -1.11. The Balaban J connectivity index is 2.80. The lowest BCUT2D eigenvalue weighted by molar-refractivity contribution is 0.101. The van der Waals surface area contributed by atoms with Crippen molar-refractivity contribution in [2.24, 2.45) is 0 Å². The van der Waals surface area contributed by atoms with E-state index in [2.05, 4.69) is 0 Å². The monoisotopic (exact) mass is 254 g/mol. The summed E-state index contributed by atoms with van der Waals surface area (Å²) >= 11 is 0. The quantitative estimate of drug-likeness (QED) is 0.732. The van der Waals surface area contributed by atoms with Gasteiger partial charge in [-0.1, -0.05) is 26.0 Å². The molecule has 1 aromatic carbocycles. The van der Waals surface area contributed by atoms with Crippen LogP contribution in [0.4, 0.5) is 0 Å². The largest absolute Gasteiger partial charge is 0.496 e. The number of rotatable bonds is 6. The van der Waals surface area contributed by atoms with Gasteiger partial charge in [0.15, 0.2) is 5.78 Å². The van der Waals surface area contributed by atoms with Crippen molar-refractivity contribution in [3.63, 3.8) is 0 Å². The molecule has 1 rings (SSSR count). The van der Waals surface area contributed by atoms with Gasteiger partial charge in [-0.2, -0.15) is 0 Å². The molecule has 17 heavy (non-hydrogen) atoms. The van der Waals surface area contributed by atoms with E-state index in [0.717, 1.165) is 6.42 Å². The van der Waals surface area contributed by atoms with E-state index < -0.39 is 10.8 Å². The summed E-state index contributed by atoms with van der Waals surface area (Å²) in [6.45, 7) is 3.86. The van der Waals surface area contributed by atoms with Crippen molar-refractivity contribution in [2.45, 2.75) is 25.5 Å². The zero-order valence-corrected chi connectivity index (χ0v) is 11.3. The fraction of sp³-hybridized carbons (Fsp3) is 0.462. The third-order valence-electron chi connectivity index (χ3n) is 2.70. The van der Waals surface area contributed by atoms with Crippen LogP contribution in [0.5, 0.6) is 5.75 Å². The molecule has 0 amide bonds. The first-order valence-corrected chi connectivity index (χ1v) is 7.01. The molecule has 0 fully saturated rings. The van der Waals surface area contributed by atoms with Gasteiger partial charge < -0.3 is 4.74 Å². The fourth-order valence-electron chi connectivity index (χ4n) is 1.41. The molecule has 3 nitrogen and oxygen atoms in total. The molecule has 0 bridgehead atoms. The summed E-state index contributed by atoms with van der Waals surface area (Å²) in [6.07, 6.45) is 0.811. The number of methoxy groups -OCH3 is 1. The van der Waals surface area contributed by atoms with Gasteiger partial charge in [0.2, 0.25) is 0 Å². The Morgan fingerprint density at radius 1 is 1.41 bits per heavy atom. The maximum atomic E-state index is 12.0. The Hall–Kier alpha value is -1.16. The Bertz CT molecular complexity index is 415. The highest BCUT2D eigenvalue weighted by molar-refractivity contribution is 7.86. The lowest BCUT2D eigenvalue weighted by atomic mass is 10.1. The second-order valence-corrected chi connectivity index (χ2v) is 5.72. The molecule has 0 saturated carbocycles. The molecule has 2 unspecified atom stereocenters. The SMILES string of the molecule is CCC(C)S(=O)CC(=O)c1ccccc1OC. The van der Waals surface area contributed by atoms with Crippen molar-refractivity contribution < 1.29 is 13.7 Å². The van der Waals surface area contributed by atoms with Crippen molar-refractivity contribution in [3.05, 3.63) is 29.8 Å². The summed E-state index contributed by atoms with van der Waals surface area (Å²) in [5, 5.41) is 0.0497. The Kier molecular flexibility index (Phi) is 5.35. The number of ketones is 1. The van der Waals surface area contributed by atoms with Crippen LogP contribution in [0.1, 0.15) is 30.6 Å². The van der Waals surface area contributed by atoms with Crippen molar-refractivity contribution in [1.82, 2.24) is 0 Å². The number of carbonyl (C=O) groups excluding carboxylic acids is 1. The van der Waals surface area contributed by atoms with Gasteiger partial charge in [-0.15, -0.1) is 0 Å². The second-order valence-electron chi connectivity index (χ2n) is 3.87. The molecule has 0 saturated heterocycles. The maximum Gasteiger partial charge on any atom is 0.179 e. The van der Waals surface area contributed by atoms with E-state index in [4.69, 9.17) is 4.74 Å². The van der Waals surface area contributed by atoms with Gasteiger partial charge in [0.05, 0.1) is 18.4 Å². The summed E-state index contributed by atoms with van der Waals surface area (Å²) < 4.78 is 16.9. The van der Waals surface area contributed by atoms with Gasteiger partial charge in [0.1, 0.15) is 5.75 Å². The number of hydrogen-bond donors (Lipinski definition) is 0. The molecule has 2 atom stereocenters. The lowest BCUT2D eigenvalue weighted by Crippen LogP contribution is -2.19. The van der Waals surface area contributed by atoms with Crippen molar-refractivity contribution in [2.75, 3.05) is 12.9 Å².